The van der Waals surface area contributed by atoms with E-state index >= 15 is 0 Å². The minimum absolute atomic E-state index is 0.298. The van der Waals surface area contributed by atoms with Crippen molar-refractivity contribution in [1.29, 1.82) is 0 Å². The van der Waals surface area contributed by atoms with Gasteiger partial charge in [-0.25, -0.2) is 4.39 Å². The SMILES string of the molecule is Cc1nccc2c(F)cc(Cl)cc12. The number of hydrogen-bond donors (Lipinski definition) is 0. The van der Waals surface area contributed by atoms with E-state index in [1.165, 1.54) is 6.07 Å². The molecule has 0 atom stereocenters. The van der Waals surface area contributed by atoms with Crippen LogP contribution in [0.25, 0.3) is 10.8 Å². The summed E-state index contributed by atoms with van der Waals surface area (Å²) in [6.07, 6.45) is 1.59. The summed E-state index contributed by atoms with van der Waals surface area (Å²) >= 11 is 5.73. The second-order valence-electron chi connectivity index (χ2n) is 2.88. The minimum Gasteiger partial charge on any atom is -0.261 e. The van der Waals surface area contributed by atoms with Crippen LogP contribution >= 0.6 is 11.6 Å². The van der Waals surface area contributed by atoms with E-state index in [-0.39, 0.29) is 5.82 Å². The lowest BCUT2D eigenvalue weighted by atomic mass is 10.1. The zero-order valence-electron chi connectivity index (χ0n) is 7.01. The van der Waals surface area contributed by atoms with Gasteiger partial charge in [0.15, 0.2) is 0 Å². The van der Waals surface area contributed by atoms with Crippen molar-refractivity contribution in [3.8, 4) is 0 Å². The van der Waals surface area contributed by atoms with Gasteiger partial charge in [-0.15, -0.1) is 0 Å². The van der Waals surface area contributed by atoms with E-state index in [1.807, 2.05) is 6.92 Å². The summed E-state index contributed by atoms with van der Waals surface area (Å²) in [7, 11) is 0. The fourth-order valence-electron chi connectivity index (χ4n) is 1.35. The van der Waals surface area contributed by atoms with Gasteiger partial charge in [0.1, 0.15) is 5.82 Å². The first-order valence-corrected chi connectivity index (χ1v) is 4.26. The van der Waals surface area contributed by atoms with E-state index < -0.39 is 0 Å². The van der Waals surface area contributed by atoms with Crippen LogP contribution in [-0.4, -0.2) is 4.98 Å². The molecule has 0 saturated heterocycles. The van der Waals surface area contributed by atoms with Crippen molar-refractivity contribution in [1.82, 2.24) is 4.98 Å². The zero-order valence-corrected chi connectivity index (χ0v) is 7.77. The summed E-state index contributed by atoms with van der Waals surface area (Å²) in [6, 6.07) is 4.68. The molecule has 0 N–H and O–H groups in total. The Labute approximate surface area is 80.2 Å². The van der Waals surface area contributed by atoms with Gasteiger partial charge in [0.2, 0.25) is 0 Å². The van der Waals surface area contributed by atoms with Gasteiger partial charge in [0.05, 0.1) is 0 Å². The first-order chi connectivity index (χ1) is 6.18. The van der Waals surface area contributed by atoms with Crippen molar-refractivity contribution >= 4 is 22.4 Å². The average Bonchev–Trinajstić information content (AvgIpc) is 2.07. The Hall–Kier alpha value is -1.15. The molecule has 66 valence electrons. The number of nitrogens with zero attached hydrogens (tertiary/aromatic N) is 1. The molecule has 2 rings (SSSR count). The third-order valence-electron chi connectivity index (χ3n) is 1.99. The number of aryl methyl sites for hydroxylation is 1. The largest absolute Gasteiger partial charge is 0.261 e. The topological polar surface area (TPSA) is 12.9 Å². The second-order valence-corrected chi connectivity index (χ2v) is 3.32. The molecule has 0 unspecified atom stereocenters. The molecule has 2 aromatic rings. The van der Waals surface area contributed by atoms with Crippen molar-refractivity contribution in [3.05, 3.63) is 40.9 Å². The molecule has 1 nitrogen and oxygen atoms in total. The first kappa shape index (κ1) is 8.45. The third-order valence-corrected chi connectivity index (χ3v) is 2.21. The lowest BCUT2D eigenvalue weighted by molar-refractivity contribution is 0.639. The Morgan fingerprint density at radius 3 is 2.85 bits per heavy atom. The highest BCUT2D eigenvalue weighted by atomic mass is 35.5. The maximum atomic E-state index is 13.3. The van der Waals surface area contributed by atoms with E-state index in [1.54, 1.807) is 18.3 Å². The van der Waals surface area contributed by atoms with Crippen molar-refractivity contribution in [2.45, 2.75) is 6.92 Å². The Balaban J connectivity index is 2.94. The summed E-state index contributed by atoms with van der Waals surface area (Å²) in [5.74, 6) is -0.298. The highest BCUT2D eigenvalue weighted by molar-refractivity contribution is 6.31. The summed E-state index contributed by atoms with van der Waals surface area (Å²) in [5, 5.41) is 1.74. The third kappa shape index (κ3) is 1.38. The number of halogens is 2. The van der Waals surface area contributed by atoms with Crippen molar-refractivity contribution in [2.75, 3.05) is 0 Å². The molecule has 0 saturated carbocycles. The lowest BCUT2D eigenvalue weighted by Gasteiger charge is -2.02. The Morgan fingerprint density at radius 1 is 1.31 bits per heavy atom. The van der Waals surface area contributed by atoms with Gasteiger partial charge in [0.25, 0.3) is 0 Å². The molecule has 0 fully saturated rings. The molecule has 0 aliphatic heterocycles. The van der Waals surface area contributed by atoms with E-state index in [4.69, 9.17) is 11.6 Å². The predicted octanol–water partition coefficient (Wildman–Crippen LogP) is 3.34. The predicted molar refractivity (Wildman–Crippen MR) is 51.4 cm³/mol. The number of fused-ring (bicyclic) bond motifs is 1. The minimum atomic E-state index is -0.298. The molecule has 0 aliphatic carbocycles. The maximum absolute atomic E-state index is 13.3. The molecule has 0 radical (unpaired) electrons. The first-order valence-electron chi connectivity index (χ1n) is 3.89. The summed E-state index contributed by atoms with van der Waals surface area (Å²) in [5.41, 5.74) is 0.791. The lowest BCUT2D eigenvalue weighted by Crippen LogP contribution is -1.86. The molecular weight excluding hydrogens is 189 g/mol. The van der Waals surface area contributed by atoms with Gasteiger partial charge in [-0.05, 0) is 25.1 Å². The summed E-state index contributed by atoms with van der Waals surface area (Å²) in [6.45, 7) is 1.83. The molecule has 0 spiro atoms. The fourth-order valence-corrected chi connectivity index (χ4v) is 1.55. The number of benzene rings is 1. The average molecular weight is 196 g/mol. The second kappa shape index (κ2) is 2.96. The van der Waals surface area contributed by atoms with Crippen LogP contribution in [-0.2, 0) is 0 Å². The van der Waals surface area contributed by atoms with Crippen LogP contribution in [0.5, 0.6) is 0 Å². The standard InChI is InChI=1S/C10H7ClFN/c1-6-9-4-7(11)5-10(12)8(9)2-3-13-6/h2-5H,1H3. The van der Waals surface area contributed by atoms with Crippen LogP contribution in [0, 0.1) is 12.7 Å². The Kier molecular flexibility index (Phi) is 1.93. The van der Waals surface area contributed by atoms with E-state index in [0.717, 1.165) is 11.1 Å². The molecule has 0 amide bonds. The highest BCUT2D eigenvalue weighted by Crippen LogP contribution is 2.23. The fraction of sp³-hybridized carbons (Fsp3) is 0.100. The molecule has 1 heterocycles. The monoisotopic (exact) mass is 195 g/mol. The van der Waals surface area contributed by atoms with Gasteiger partial charge in [-0.3, -0.25) is 4.98 Å². The molecule has 3 heteroatoms. The van der Waals surface area contributed by atoms with E-state index in [9.17, 15) is 4.39 Å². The molecular formula is C10H7ClFN. The number of rotatable bonds is 0. The molecule has 1 aromatic heterocycles. The number of aromatic nitrogens is 1. The van der Waals surface area contributed by atoms with Crippen molar-refractivity contribution in [3.63, 3.8) is 0 Å². The van der Waals surface area contributed by atoms with Gasteiger partial charge >= 0.3 is 0 Å². The van der Waals surface area contributed by atoms with Crippen LogP contribution < -0.4 is 0 Å². The van der Waals surface area contributed by atoms with Gasteiger partial charge in [-0.1, -0.05) is 11.6 Å². The highest BCUT2D eigenvalue weighted by Gasteiger charge is 2.04. The Bertz CT molecular complexity index is 468. The van der Waals surface area contributed by atoms with Crippen LogP contribution in [0.3, 0.4) is 0 Å². The smallest absolute Gasteiger partial charge is 0.132 e. The molecule has 0 aliphatic rings. The molecule has 13 heavy (non-hydrogen) atoms. The Morgan fingerprint density at radius 2 is 2.08 bits per heavy atom. The normalized spacial score (nSPS) is 10.7. The van der Waals surface area contributed by atoms with Crippen LogP contribution in [0.15, 0.2) is 24.4 Å². The summed E-state index contributed by atoms with van der Waals surface area (Å²) < 4.78 is 13.3. The van der Waals surface area contributed by atoms with Gasteiger partial charge in [-0.2, -0.15) is 0 Å². The van der Waals surface area contributed by atoms with Crippen molar-refractivity contribution < 1.29 is 4.39 Å². The van der Waals surface area contributed by atoms with E-state index in [2.05, 4.69) is 4.98 Å². The molecule has 0 bridgehead atoms. The van der Waals surface area contributed by atoms with Crippen LogP contribution in [0.4, 0.5) is 4.39 Å². The van der Waals surface area contributed by atoms with Crippen LogP contribution in [0.1, 0.15) is 5.69 Å². The quantitative estimate of drug-likeness (QED) is 0.628. The maximum Gasteiger partial charge on any atom is 0.132 e. The number of pyridine rings is 1. The van der Waals surface area contributed by atoms with Crippen LogP contribution in [0.2, 0.25) is 5.02 Å². The number of hydrogen-bond acceptors (Lipinski definition) is 1. The zero-order chi connectivity index (χ0) is 9.42. The van der Waals surface area contributed by atoms with Gasteiger partial charge in [0, 0.05) is 27.7 Å². The molecule has 1 aromatic carbocycles. The van der Waals surface area contributed by atoms with Crippen molar-refractivity contribution in [2.24, 2.45) is 0 Å². The van der Waals surface area contributed by atoms with E-state index in [0.29, 0.717) is 10.4 Å². The summed E-state index contributed by atoms with van der Waals surface area (Å²) in [4.78, 5) is 4.06. The van der Waals surface area contributed by atoms with Gasteiger partial charge < -0.3 is 0 Å².